The molecule has 1 unspecified atom stereocenters. The van der Waals surface area contributed by atoms with E-state index < -0.39 is 11.3 Å². The van der Waals surface area contributed by atoms with Crippen molar-refractivity contribution in [2.75, 3.05) is 13.7 Å². The van der Waals surface area contributed by atoms with E-state index in [9.17, 15) is 9.59 Å². The Morgan fingerprint density at radius 3 is 2.43 bits per heavy atom. The van der Waals surface area contributed by atoms with Crippen LogP contribution in [0.3, 0.4) is 0 Å². The maximum Gasteiger partial charge on any atom is 0.324 e. The third-order valence-electron chi connectivity index (χ3n) is 4.40. The Hall–Kier alpha value is -1.55. The van der Waals surface area contributed by atoms with E-state index >= 15 is 0 Å². The molecule has 0 spiro atoms. The van der Waals surface area contributed by atoms with Gasteiger partial charge < -0.3 is 9.47 Å². The summed E-state index contributed by atoms with van der Waals surface area (Å²) >= 11 is 5.97. The lowest BCUT2D eigenvalue weighted by Gasteiger charge is -2.32. The van der Waals surface area contributed by atoms with Crippen molar-refractivity contribution in [3.63, 3.8) is 0 Å². The first kappa shape index (κ1) is 17.8. The molecule has 1 aliphatic rings. The van der Waals surface area contributed by atoms with Gasteiger partial charge in [-0.15, -0.1) is 11.6 Å². The molecule has 2 rings (SSSR count). The number of halogens is 1. The number of benzene rings is 1. The molecule has 0 bridgehead atoms. The van der Waals surface area contributed by atoms with Crippen LogP contribution in [0.4, 0.5) is 0 Å². The highest BCUT2D eigenvalue weighted by Crippen LogP contribution is 2.34. The summed E-state index contributed by atoms with van der Waals surface area (Å²) in [5, 5.41) is -0.676. The van der Waals surface area contributed by atoms with Gasteiger partial charge in [0.25, 0.3) is 0 Å². The molecule has 1 aromatic rings. The van der Waals surface area contributed by atoms with Crippen LogP contribution in [0, 0.1) is 5.41 Å². The van der Waals surface area contributed by atoms with Gasteiger partial charge in [0.1, 0.15) is 16.9 Å². The first-order chi connectivity index (χ1) is 10.9. The molecular weight excluding hydrogens is 316 g/mol. The molecule has 0 N–H and O–H groups in total. The first-order valence-corrected chi connectivity index (χ1v) is 8.31. The molecule has 4 nitrogen and oxygen atoms in total. The molecule has 0 heterocycles. The average molecular weight is 339 g/mol. The Balaban J connectivity index is 1.85. The van der Waals surface area contributed by atoms with E-state index in [1.165, 1.54) is 7.11 Å². The Bertz CT molecular complexity index is 543. The van der Waals surface area contributed by atoms with Crippen molar-refractivity contribution in [2.45, 2.75) is 44.4 Å². The summed E-state index contributed by atoms with van der Waals surface area (Å²) in [6, 6.07) is 7.57. The largest absolute Gasteiger partial charge is 0.493 e. The number of Topliss-reactive ketones (excluding diaryl/α,β-unsaturated/α-hetero) is 1. The number of ketones is 1. The van der Waals surface area contributed by atoms with Gasteiger partial charge in [-0.1, -0.05) is 19.1 Å². The molecule has 1 fully saturated rings. The van der Waals surface area contributed by atoms with Crippen LogP contribution in [0.25, 0.3) is 0 Å². The predicted octanol–water partition coefficient (Wildman–Crippen LogP) is 3.54. The Kier molecular flexibility index (Phi) is 6.05. The minimum Gasteiger partial charge on any atom is -0.493 e. The van der Waals surface area contributed by atoms with E-state index in [-0.39, 0.29) is 5.41 Å². The second-order valence-corrected chi connectivity index (χ2v) is 7.00. The highest BCUT2D eigenvalue weighted by molar-refractivity contribution is 6.30. The van der Waals surface area contributed by atoms with Crippen LogP contribution < -0.4 is 4.74 Å². The summed E-state index contributed by atoms with van der Waals surface area (Å²) in [4.78, 5) is 22.7. The number of carbonyl (C=O) groups is 2. The second kappa shape index (κ2) is 7.82. The van der Waals surface area contributed by atoms with Gasteiger partial charge in [0, 0.05) is 18.3 Å². The van der Waals surface area contributed by atoms with Crippen LogP contribution >= 0.6 is 11.6 Å². The number of hydrogen-bond donors (Lipinski definition) is 0. The van der Waals surface area contributed by atoms with E-state index in [1.54, 1.807) is 0 Å². The number of alkyl halides is 1. The maximum atomic E-state index is 11.3. The second-order valence-electron chi connectivity index (χ2n) is 6.48. The molecule has 0 radical (unpaired) electrons. The SMILES string of the molecule is COC(=O)C(Cl)Cc1ccc(OCC2(C)CCC(=O)CC2)cc1. The zero-order chi connectivity index (χ0) is 16.9. The van der Waals surface area contributed by atoms with Crippen LogP contribution in [0.5, 0.6) is 5.75 Å². The summed E-state index contributed by atoms with van der Waals surface area (Å²) in [7, 11) is 1.33. The monoisotopic (exact) mass is 338 g/mol. The lowest BCUT2D eigenvalue weighted by atomic mass is 9.76. The minimum atomic E-state index is -0.676. The van der Waals surface area contributed by atoms with Gasteiger partial charge in [-0.25, -0.2) is 0 Å². The number of ether oxygens (including phenoxy) is 2. The van der Waals surface area contributed by atoms with Gasteiger partial charge in [0.15, 0.2) is 0 Å². The van der Waals surface area contributed by atoms with Crippen molar-refractivity contribution in [3.05, 3.63) is 29.8 Å². The summed E-state index contributed by atoms with van der Waals surface area (Å²) in [6.07, 6.45) is 3.51. The molecule has 0 amide bonds. The van der Waals surface area contributed by atoms with Crippen LogP contribution in [0.2, 0.25) is 0 Å². The van der Waals surface area contributed by atoms with Crippen LogP contribution in [0.1, 0.15) is 38.2 Å². The van der Waals surface area contributed by atoms with Crippen LogP contribution in [-0.2, 0) is 20.7 Å². The van der Waals surface area contributed by atoms with Gasteiger partial charge in [-0.2, -0.15) is 0 Å². The fourth-order valence-electron chi connectivity index (χ4n) is 2.67. The van der Waals surface area contributed by atoms with Crippen molar-refractivity contribution in [1.82, 2.24) is 0 Å². The molecule has 1 aromatic carbocycles. The summed E-state index contributed by atoms with van der Waals surface area (Å²) in [5.41, 5.74) is 1.02. The van der Waals surface area contributed by atoms with E-state index in [1.807, 2.05) is 24.3 Å². The molecule has 1 aliphatic carbocycles. The minimum absolute atomic E-state index is 0.0682. The van der Waals surface area contributed by atoms with Crippen molar-refractivity contribution in [2.24, 2.45) is 5.41 Å². The first-order valence-electron chi connectivity index (χ1n) is 7.87. The maximum absolute atomic E-state index is 11.3. The van der Waals surface area contributed by atoms with E-state index in [2.05, 4.69) is 11.7 Å². The van der Waals surface area contributed by atoms with Crippen molar-refractivity contribution in [1.29, 1.82) is 0 Å². The number of rotatable bonds is 6. The Morgan fingerprint density at radius 1 is 1.26 bits per heavy atom. The molecule has 1 saturated carbocycles. The van der Waals surface area contributed by atoms with Gasteiger partial charge in [0.2, 0.25) is 0 Å². The smallest absolute Gasteiger partial charge is 0.324 e. The Morgan fingerprint density at radius 2 is 1.87 bits per heavy atom. The highest BCUT2D eigenvalue weighted by Gasteiger charge is 2.30. The van der Waals surface area contributed by atoms with Crippen molar-refractivity contribution < 1.29 is 19.1 Å². The normalized spacial score (nSPS) is 18.3. The summed E-state index contributed by atoms with van der Waals surface area (Å²) in [6.45, 7) is 2.78. The molecule has 23 heavy (non-hydrogen) atoms. The highest BCUT2D eigenvalue weighted by atomic mass is 35.5. The third kappa shape index (κ3) is 5.24. The molecule has 126 valence electrons. The molecule has 1 atom stereocenters. The predicted molar refractivity (Wildman–Crippen MR) is 88.9 cm³/mol. The van der Waals surface area contributed by atoms with E-state index in [0.29, 0.717) is 31.7 Å². The van der Waals surface area contributed by atoms with Gasteiger partial charge in [-0.3, -0.25) is 9.59 Å². The van der Waals surface area contributed by atoms with Crippen LogP contribution in [-0.4, -0.2) is 30.8 Å². The van der Waals surface area contributed by atoms with Gasteiger partial charge in [-0.05, 0) is 37.0 Å². The number of methoxy groups -OCH3 is 1. The number of carbonyl (C=O) groups excluding carboxylic acids is 2. The molecule has 0 aliphatic heterocycles. The fourth-order valence-corrected chi connectivity index (χ4v) is 2.94. The quantitative estimate of drug-likeness (QED) is 0.588. The summed E-state index contributed by atoms with van der Waals surface area (Å²) < 4.78 is 10.5. The topological polar surface area (TPSA) is 52.6 Å². The molecule has 5 heteroatoms. The number of esters is 1. The zero-order valence-corrected chi connectivity index (χ0v) is 14.4. The molecule has 0 aromatic heterocycles. The summed E-state index contributed by atoms with van der Waals surface area (Å²) in [5.74, 6) is 0.718. The standard InChI is InChI=1S/C18H23ClO4/c1-18(9-7-14(20)8-10-18)12-23-15-5-3-13(4-6-15)11-16(19)17(21)22-2/h3-6,16H,7-12H2,1-2H3. The van der Waals surface area contributed by atoms with Crippen molar-refractivity contribution in [3.8, 4) is 5.75 Å². The van der Waals surface area contributed by atoms with E-state index in [4.69, 9.17) is 16.3 Å². The van der Waals surface area contributed by atoms with Crippen LogP contribution in [0.15, 0.2) is 24.3 Å². The molecule has 0 saturated heterocycles. The lowest BCUT2D eigenvalue weighted by Crippen LogP contribution is -2.30. The molecular formula is C18H23ClO4. The van der Waals surface area contributed by atoms with E-state index in [0.717, 1.165) is 24.2 Å². The van der Waals surface area contributed by atoms with Crippen molar-refractivity contribution >= 4 is 23.4 Å². The third-order valence-corrected chi connectivity index (χ3v) is 4.73. The average Bonchev–Trinajstić information content (AvgIpc) is 2.56. The number of hydrogen-bond acceptors (Lipinski definition) is 4. The Labute approximate surface area is 142 Å². The van der Waals surface area contributed by atoms with Gasteiger partial charge in [0.05, 0.1) is 13.7 Å². The lowest BCUT2D eigenvalue weighted by molar-refractivity contribution is -0.140. The zero-order valence-electron chi connectivity index (χ0n) is 13.6. The fraction of sp³-hybridized carbons (Fsp3) is 0.556. The van der Waals surface area contributed by atoms with Gasteiger partial charge >= 0.3 is 5.97 Å².